The lowest BCUT2D eigenvalue weighted by atomic mass is 9.85. The van der Waals surface area contributed by atoms with E-state index in [0.717, 1.165) is 29.3 Å². The highest BCUT2D eigenvalue weighted by Crippen LogP contribution is 2.45. The Morgan fingerprint density at radius 3 is 2.45 bits per heavy atom. The lowest BCUT2D eigenvalue weighted by Crippen LogP contribution is -2.40. The molecule has 1 aliphatic heterocycles. The van der Waals surface area contributed by atoms with Crippen LogP contribution < -0.4 is 4.18 Å². The second-order valence-electron chi connectivity index (χ2n) is 11.8. The van der Waals surface area contributed by atoms with Gasteiger partial charge in [-0.1, -0.05) is 58.0 Å². The largest absolute Gasteiger partial charge is 0.511 e. The Balaban J connectivity index is 1.60. The van der Waals surface area contributed by atoms with Gasteiger partial charge in [-0.15, -0.1) is 0 Å². The number of aryl methyl sites for hydroxylation is 2. The molecule has 3 aromatic rings. The molecule has 0 fully saturated rings. The molecular formula is C31H38N2O7S2. The SMILES string of the molecule is CCCC1(CCc2ccc(O)cc2)CC(O)=C(Sc2cc(C)c(OS(=O)(=O)Cn3ccnc3)cc2C(C)(C)C)C(=O)O1. The number of ether oxygens (including phenoxy) is 1. The number of imidazole rings is 1. The number of nitrogens with zero attached hydrogens (tertiary/aromatic N) is 2. The van der Waals surface area contributed by atoms with Gasteiger partial charge in [0.15, 0.2) is 5.88 Å². The smallest absolute Gasteiger partial charge is 0.349 e. The van der Waals surface area contributed by atoms with Crippen molar-refractivity contribution in [2.45, 2.75) is 88.5 Å². The summed E-state index contributed by atoms with van der Waals surface area (Å²) in [5, 5.41) is 20.8. The highest BCUT2D eigenvalue weighted by molar-refractivity contribution is 8.04. The third-order valence-electron chi connectivity index (χ3n) is 7.14. The zero-order valence-corrected chi connectivity index (χ0v) is 26.2. The van der Waals surface area contributed by atoms with Gasteiger partial charge in [0.1, 0.15) is 27.8 Å². The van der Waals surface area contributed by atoms with E-state index < -0.39 is 27.1 Å². The maximum atomic E-state index is 13.4. The van der Waals surface area contributed by atoms with Gasteiger partial charge in [-0.05, 0) is 72.6 Å². The first kappa shape index (κ1) is 31.5. The molecule has 42 heavy (non-hydrogen) atoms. The van der Waals surface area contributed by atoms with Gasteiger partial charge in [0.2, 0.25) is 0 Å². The minimum atomic E-state index is -3.97. The summed E-state index contributed by atoms with van der Waals surface area (Å²) in [4.78, 5) is 18.1. The normalized spacial score (nSPS) is 17.8. The molecular weight excluding hydrogens is 576 g/mol. The van der Waals surface area contributed by atoms with Gasteiger partial charge in [-0.2, -0.15) is 8.42 Å². The monoisotopic (exact) mass is 614 g/mol. The number of rotatable bonds is 11. The zero-order valence-electron chi connectivity index (χ0n) is 24.6. The van der Waals surface area contributed by atoms with E-state index in [2.05, 4.69) is 4.98 Å². The molecule has 11 heteroatoms. The number of carbonyl (C=O) groups excluding carboxylic acids is 1. The number of aliphatic hydroxyl groups excluding tert-OH is 1. The molecule has 4 rings (SSSR count). The summed E-state index contributed by atoms with van der Waals surface area (Å²) in [6.07, 6.45) is 7.17. The standard InChI is InChI=1S/C31H38N2O7S2/c1-6-12-31(13-11-22-7-9-23(34)10-8-22)18-25(35)28(29(36)39-31)41-27-16-21(2)26(17-24(27)30(3,4)5)40-42(37,38)20-33-15-14-32-19-33/h7-10,14-17,19,34-35H,6,11-13,18,20H2,1-5H3. The molecule has 1 unspecified atom stereocenters. The minimum Gasteiger partial charge on any atom is -0.511 e. The number of phenolic OH excluding ortho intramolecular Hbond substituents is 1. The summed E-state index contributed by atoms with van der Waals surface area (Å²) in [6.45, 7) is 9.69. The number of aromatic hydroxyl groups is 1. The van der Waals surface area contributed by atoms with Gasteiger partial charge in [-0.25, -0.2) is 9.78 Å². The molecule has 0 aliphatic carbocycles. The Labute approximate surface area is 251 Å². The number of esters is 1. The molecule has 2 aromatic carbocycles. The fourth-order valence-electron chi connectivity index (χ4n) is 5.02. The third kappa shape index (κ3) is 7.69. The first-order valence-corrected chi connectivity index (χ1v) is 16.2. The summed E-state index contributed by atoms with van der Waals surface area (Å²) >= 11 is 1.12. The maximum absolute atomic E-state index is 13.4. The fraction of sp³-hybridized carbons (Fsp3) is 0.419. The van der Waals surface area contributed by atoms with Gasteiger partial charge >= 0.3 is 16.1 Å². The molecule has 2 N–H and O–H groups in total. The molecule has 1 atom stereocenters. The van der Waals surface area contributed by atoms with Crippen LogP contribution in [0.2, 0.25) is 0 Å². The van der Waals surface area contributed by atoms with E-state index in [4.69, 9.17) is 8.92 Å². The second-order valence-corrected chi connectivity index (χ2v) is 14.3. The Hall–Kier alpha value is -3.44. The maximum Gasteiger partial charge on any atom is 0.349 e. The van der Waals surface area contributed by atoms with Crippen LogP contribution in [0.4, 0.5) is 0 Å². The van der Waals surface area contributed by atoms with Crippen molar-refractivity contribution >= 4 is 27.8 Å². The zero-order chi connectivity index (χ0) is 30.7. The van der Waals surface area contributed by atoms with E-state index in [9.17, 15) is 23.4 Å². The number of aromatic nitrogens is 2. The van der Waals surface area contributed by atoms with Gasteiger partial charge < -0.3 is 23.7 Å². The topological polar surface area (TPSA) is 128 Å². The van der Waals surface area contributed by atoms with Crippen LogP contribution in [0.3, 0.4) is 0 Å². The van der Waals surface area contributed by atoms with Crippen LogP contribution in [0.1, 0.15) is 70.1 Å². The molecule has 0 spiro atoms. The van der Waals surface area contributed by atoms with Crippen molar-refractivity contribution in [2.75, 3.05) is 0 Å². The molecule has 0 bridgehead atoms. The van der Waals surface area contributed by atoms with Crippen LogP contribution in [0.5, 0.6) is 11.5 Å². The highest BCUT2D eigenvalue weighted by atomic mass is 32.2. The number of phenols is 1. The Kier molecular flexibility index (Phi) is 9.32. The van der Waals surface area contributed by atoms with Crippen molar-refractivity contribution in [1.82, 2.24) is 9.55 Å². The average Bonchev–Trinajstić information content (AvgIpc) is 3.39. The summed E-state index contributed by atoms with van der Waals surface area (Å²) in [5.41, 5.74) is 1.06. The van der Waals surface area contributed by atoms with Crippen LogP contribution in [0.15, 0.2) is 70.7 Å². The number of cyclic esters (lactones) is 1. The van der Waals surface area contributed by atoms with Crippen molar-refractivity contribution in [1.29, 1.82) is 0 Å². The van der Waals surface area contributed by atoms with Crippen molar-refractivity contribution in [3.63, 3.8) is 0 Å². The molecule has 1 aromatic heterocycles. The van der Waals surface area contributed by atoms with E-state index in [1.54, 1.807) is 37.4 Å². The minimum absolute atomic E-state index is 0.0174. The van der Waals surface area contributed by atoms with Crippen molar-refractivity contribution in [3.8, 4) is 11.5 Å². The van der Waals surface area contributed by atoms with Gasteiger partial charge in [0.25, 0.3) is 0 Å². The number of hydrogen-bond acceptors (Lipinski definition) is 9. The van der Waals surface area contributed by atoms with E-state index in [0.29, 0.717) is 29.7 Å². The van der Waals surface area contributed by atoms with Crippen LogP contribution in [-0.4, -0.2) is 39.8 Å². The highest BCUT2D eigenvalue weighted by Gasteiger charge is 2.42. The number of thioether (sulfide) groups is 1. The summed E-state index contributed by atoms with van der Waals surface area (Å²) in [7, 11) is -3.97. The Bertz CT molecular complexity index is 1560. The molecule has 226 valence electrons. The molecule has 9 nitrogen and oxygen atoms in total. The van der Waals surface area contributed by atoms with Crippen molar-refractivity contribution < 1.29 is 32.3 Å². The first-order valence-electron chi connectivity index (χ1n) is 13.8. The van der Waals surface area contributed by atoms with E-state index in [1.807, 2.05) is 39.8 Å². The molecule has 0 saturated heterocycles. The average molecular weight is 615 g/mol. The molecule has 0 amide bonds. The summed E-state index contributed by atoms with van der Waals surface area (Å²) < 4.78 is 38.5. The van der Waals surface area contributed by atoms with Gasteiger partial charge in [-0.3, -0.25) is 0 Å². The van der Waals surface area contributed by atoms with Crippen LogP contribution in [0, 0.1) is 6.92 Å². The Morgan fingerprint density at radius 2 is 1.86 bits per heavy atom. The lowest BCUT2D eigenvalue weighted by molar-refractivity contribution is -0.159. The van der Waals surface area contributed by atoms with Crippen LogP contribution in [-0.2, 0) is 37.4 Å². The predicted octanol–water partition coefficient (Wildman–Crippen LogP) is 6.54. The Morgan fingerprint density at radius 1 is 1.14 bits per heavy atom. The van der Waals surface area contributed by atoms with Crippen molar-refractivity contribution in [3.05, 3.63) is 82.5 Å². The fourth-order valence-corrected chi connectivity index (χ4v) is 7.29. The number of carbonyl (C=O) groups is 1. The third-order valence-corrected chi connectivity index (χ3v) is 9.35. The lowest BCUT2D eigenvalue weighted by Gasteiger charge is -2.37. The number of hydrogen-bond donors (Lipinski definition) is 2. The van der Waals surface area contributed by atoms with E-state index in [1.165, 1.54) is 17.1 Å². The van der Waals surface area contributed by atoms with Crippen LogP contribution in [0.25, 0.3) is 0 Å². The molecule has 1 aliphatic rings. The first-order chi connectivity index (χ1) is 19.7. The molecule has 0 saturated carbocycles. The van der Waals surface area contributed by atoms with Crippen LogP contribution >= 0.6 is 11.8 Å². The quantitative estimate of drug-likeness (QED) is 0.183. The second kappa shape index (κ2) is 12.4. The molecule has 0 radical (unpaired) electrons. The van der Waals surface area contributed by atoms with E-state index >= 15 is 0 Å². The number of benzene rings is 2. The summed E-state index contributed by atoms with van der Waals surface area (Å²) in [5.74, 6) is -0.592. The van der Waals surface area contributed by atoms with Gasteiger partial charge in [0, 0.05) is 23.7 Å². The molecule has 2 heterocycles. The van der Waals surface area contributed by atoms with E-state index in [-0.39, 0.29) is 34.5 Å². The number of aliphatic hydroxyl groups is 1. The predicted molar refractivity (Wildman–Crippen MR) is 162 cm³/mol. The van der Waals surface area contributed by atoms with Gasteiger partial charge in [0.05, 0.1) is 6.33 Å². The van der Waals surface area contributed by atoms with Crippen molar-refractivity contribution in [2.24, 2.45) is 0 Å². The summed E-state index contributed by atoms with van der Waals surface area (Å²) in [6, 6.07) is 10.4.